The van der Waals surface area contributed by atoms with Crippen molar-refractivity contribution in [2.24, 2.45) is 23.2 Å². The van der Waals surface area contributed by atoms with Crippen LogP contribution >= 0.6 is 0 Å². The van der Waals surface area contributed by atoms with E-state index in [1.54, 1.807) is 0 Å². The molecule has 0 N–H and O–H groups in total. The maximum Gasteiger partial charge on any atom is 0.241 e. The molecule has 2 amide bonds. The van der Waals surface area contributed by atoms with Crippen molar-refractivity contribution in [1.82, 2.24) is 0 Å². The molecule has 0 spiro atoms. The molecule has 0 aromatic heterocycles. The van der Waals surface area contributed by atoms with E-state index in [1.165, 1.54) is 4.90 Å². The minimum Gasteiger partial charge on any atom is -0.274 e. The van der Waals surface area contributed by atoms with Crippen LogP contribution in [0, 0.1) is 30.1 Å². The summed E-state index contributed by atoms with van der Waals surface area (Å²) in [6, 6.07) is 7.62. The molecule has 1 saturated heterocycles. The van der Waals surface area contributed by atoms with Crippen LogP contribution in [-0.4, -0.2) is 11.8 Å². The smallest absolute Gasteiger partial charge is 0.241 e. The zero-order chi connectivity index (χ0) is 14.1. The number of hydrogen-bond acceptors (Lipinski definition) is 2. The normalized spacial score (nSPS) is 37.9. The Bertz CT molecular complexity index is 663. The number of fused-ring (bicyclic) bond motifs is 5. The third kappa shape index (κ3) is 1.17. The number of hydrogen-bond donors (Lipinski definition) is 0. The number of anilines is 1. The largest absolute Gasteiger partial charge is 0.274 e. The van der Waals surface area contributed by atoms with Gasteiger partial charge in [-0.15, -0.1) is 0 Å². The summed E-state index contributed by atoms with van der Waals surface area (Å²) in [6.45, 7) is 3.92. The molecular formula is C17H17NO2. The summed E-state index contributed by atoms with van der Waals surface area (Å²) in [5.41, 5.74) is 1.19. The van der Waals surface area contributed by atoms with E-state index in [0.717, 1.165) is 17.7 Å². The van der Waals surface area contributed by atoms with E-state index < -0.39 is 5.41 Å². The van der Waals surface area contributed by atoms with Crippen molar-refractivity contribution in [2.45, 2.75) is 20.3 Å². The molecule has 3 heteroatoms. The second kappa shape index (κ2) is 3.60. The van der Waals surface area contributed by atoms with Crippen LogP contribution in [-0.2, 0) is 9.59 Å². The second-order valence-electron chi connectivity index (χ2n) is 6.42. The minimum absolute atomic E-state index is 0.0105. The Balaban J connectivity index is 1.85. The fourth-order valence-corrected chi connectivity index (χ4v) is 4.35. The summed E-state index contributed by atoms with van der Waals surface area (Å²) in [4.78, 5) is 27.2. The number of para-hydroxylation sites is 1. The number of aryl methyl sites for hydroxylation is 1. The van der Waals surface area contributed by atoms with E-state index in [-0.39, 0.29) is 29.6 Å². The van der Waals surface area contributed by atoms with Gasteiger partial charge >= 0.3 is 0 Å². The molecule has 20 heavy (non-hydrogen) atoms. The highest BCUT2D eigenvalue weighted by Crippen LogP contribution is 2.60. The van der Waals surface area contributed by atoms with Gasteiger partial charge in [-0.3, -0.25) is 9.59 Å². The highest BCUT2D eigenvalue weighted by Gasteiger charge is 2.67. The van der Waals surface area contributed by atoms with Gasteiger partial charge in [0.15, 0.2) is 0 Å². The van der Waals surface area contributed by atoms with Gasteiger partial charge in [0, 0.05) is 0 Å². The van der Waals surface area contributed by atoms with Gasteiger partial charge in [0.05, 0.1) is 17.0 Å². The van der Waals surface area contributed by atoms with Gasteiger partial charge in [0.2, 0.25) is 11.8 Å². The van der Waals surface area contributed by atoms with Gasteiger partial charge < -0.3 is 0 Å². The Hall–Kier alpha value is -1.90. The molecule has 1 aromatic rings. The molecule has 0 unspecified atom stereocenters. The molecule has 4 rings (SSSR count). The molecule has 3 nitrogen and oxygen atoms in total. The van der Waals surface area contributed by atoms with E-state index >= 15 is 0 Å². The van der Waals surface area contributed by atoms with Crippen LogP contribution in [0.5, 0.6) is 0 Å². The van der Waals surface area contributed by atoms with Gasteiger partial charge in [-0.25, -0.2) is 4.90 Å². The molecule has 1 aromatic carbocycles. The molecule has 3 aliphatic rings. The number of nitrogens with zero attached hydrogens (tertiary/aromatic N) is 1. The zero-order valence-corrected chi connectivity index (χ0v) is 11.7. The summed E-state index contributed by atoms with van der Waals surface area (Å²) in [5.74, 6) is 0.283. The summed E-state index contributed by atoms with van der Waals surface area (Å²) >= 11 is 0. The van der Waals surface area contributed by atoms with E-state index in [9.17, 15) is 9.59 Å². The first-order valence-corrected chi connectivity index (χ1v) is 7.17. The van der Waals surface area contributed by atoms with Crippen molar-refractivity contribution in [3.05, 3.63) is 42.0 Å². The lowest BCUT2D eigenvalue weighted by Crippen LogP contribution is -2.37. The number of carbonyl (C=O) groups is 2. The van der Waals surface area contributed by atoms with Gasteiger partial charge in [-0.05, 0) is 43.7 Å². The Kier molecular flexibility index (Phi) is 2.14. The summed E-state index contributed by atoms with van der Waals surface area (Å²) in [5, 5.41) is 0. The van der Waals surface area contributed by atoms with Crippen molar-refractivity contribution < 1.29 is 9.59 Å². The van der Waals surface area contributed by atoms with Crippen molar-refractivity contribution in [2.75, 3.05) is 4.90 Å². The van der Waals surface area contributed by atoms with Crippen LogP contribution in [0.1, 0.15) is 18.9 Å². The Morgan fingerprint density at radius 2 is 1.95 bits per heavy atom. The lowest BCUT2D eigenvalue weighted by atomic mass is 9.71. The number of carbonyl (C=O) groups excluding carboxylic acids is 2. The number of imide groups is 1. The van der Waals surface area contributed by atoms with Crippen LogP contribution in [0.2, 0.25) is 0 Å². The lowest BCUT2D eigenvalue weighted by Gasteiger charge is -2.28. The first kappa shape index (κ1) is 11.9. The maximum absolute atomic E-state index is 12.9. The molecule has 102 valence electrons. The SMILES string of the molecule is Cc1ccccc1N1C(=O)[C@@H]2[C@H]3C=C[C@@H](C3)[C@@]2(C)C1=O. The Morgan fingerprint density at radius 1 is 1.20 bits per heavy atom. The molecule has 0 radical (unpaired) electrons. The monoisotopic (exact) mass is 267 g/mol. The number of benzene rings is 1. The minimum atomic E-state index is -0.529. The van der Waals surface area contributed by atoms with Gasteiger partial charge in [0.25, 0.3) is 0 Å². The number of rotatable bonds is 1. The number of allylic oxidation sites excluding steroid dienone is 2. The highest BCUT2D eigenvalue weighted by molar-refractivity contribution is 6.24. The van der Waals surface area contributed by atoms with E-state index in [2.05, 4.69) is 12.2 Å². The quantitative estimate of drug-likeness (QED) is 0.579. The fourth-order valence-electron chi connectivity index (χ4n) is 4.35. The predicted molar refractivity (Wildman–Crippen MR) is 76.0 cm³/mol. The summed E-state index contributed by atoms with van der Waals surface area (Å²) < 4.78 is 0. The molecular weight excluding hydrogens is 250 g/mol. The molecule has 2 aliphatic carbocycles. The molecule has 4 atom stereocenters. The lowest BCUT2D eigenvalue weighted by molar-refractivity contribution is -0.127. The molecule has 1 aliphatic heterocycles. The van der Waals surface area contributed by atoms with E-state index in [1.807, 2.05) is 38.1 Å². The summed E-state index contributed by atoms with van der Waals surface area (Å²) in [6.07, 6.45) is 5.22. The number of amides is 2. The third-order valence-corrected chi connectivity index (χ3v) is 5.47. The van der Waals surface area contributed by atoms with Crippen molar-refractivity contribution in [1.29, 1.82) is 0 Å². The van der Waals surface area contributed by atoms with Gasteiger partial charge in [-0.2, -0.15) is 0 Å². The van der Waals surface area contributed by atoms with Crippen molar-refractivity contribution in [3.8, 4) is 0 Å². The standard InChI is InChI=1S/C17H17NO2/c1-10-5-3-4-6-13(10)18-15(19)14-11-7-8-12(9-11)17(14,2)16(18)20/h3-8,11-12,14H,9H2,1-2H3/t11-,12-,14-,17+/m0/s1. The van der Waals surface area contributed by atoms with Crippen LogP contribution < -0.4 is 4.90 Å². The third-order valence-electron chi connectivity index (χ3n) is 5.47. The average molecular weight is 267 g/mol. The average Bonchev–Trinajstić information content (AvgIpc) is 3.05. The fraction of sp³-hybridized carbons (Fsp3) is 0.412. The maximum atomic E-state index is 12.9. The van der Waals surface area contributed by atoms with E-state index in [4.69, 9.17) is 0 Å². The molecule has 2 bridgehead atoms. The van der Waals surface area contributed by atoms with Crippen LogP contribution in [0.3, 0.4) is 0 Å². The van der Waals surface area contributed by atoms with Crippen LogP contribution in [0.4, 0.5) is 5.69 Å². The molecule has 2 fully saturated rings. The Labute approximate surface area is 118 Å². The van der Waals surface area contributed by atoms with Crippen LogP contribution in [0.25, 0.3) is 0 Å². The summed E-state index contributed by atoms with van der Waals surface area (Å²) in [7, 11) is 0. The highest BCUT2D eigenvalue weighted by atomic mass is 16.2. The Morgan fingerprint density at radius 3 is 2.65 bits per heavy atom. The topological polar surface area (TPSA) is 37.4 Å². The molecule has 1 saturated carbocycles. The van der Waals surface area contributed by atoms with E-state index in [0.29, 0.717) is 0 Å². The first-order chi connectivity index (χ1) is 9.55. The predicted octanol–water partition coefficient (Wildman–Crippen LogP) is 2.70. The van der Waals surface area contributed by atoms with Gasteiger partial charge in [-0.1, -0.05) is 30.4 Å². The van der Waals surface area contributed by atoms with Crippen molar-refractivity contribution in [3.63, 3.8) is 0 Å². The van der Waals surface area contributed by atoms with Crippen LogP contribution in [0.15, 0.2) is 36.4 Å². The van der Waals surface area contributed by atoms with Crippen molar-refractivity contribution >= 4 is 17.5 Å². The zero-order valence-electron chi connectivity index (χ0n) is 11.7. The van der Waals surface area contributed by atoms with Gasteiger partial charge in [0.1, 0.15) is 0 Å². The second-order valence-corrected chi connectivity index (χ2v) is 6.42. The molecule has 1 heterocycles. The first-order valence-electron chi connectivity index (χ1n) is 7.17.